The molecule has 2 N–H and O–H groups in total. The summed E-state index contributed by atoms with van der Waals surface area (Å²) in [6.45, 7) is 6.39. The predicted octanol–water partition coefficient (Wildman–Crippen LogP) is 5.87. The van der Waals surface area contributed by atoms with Gasteiger partial charge in [-0.05, 0) is 59.2 Å². The molecular formula is C22H28O4. The molecule has 26 heavy (non-hydrogen) atoms. The van der Waals surface area contributed by atoms with Gasteiger partial charge in [-0.3, -0.25) is 0 Å². The van der Waals surface area contributed by atoms with Crippen molar-refractivity contribution in [2.75, 3.05) is 0 Å². The van der Waals surface area contributed by atoms with Gasteiger partial charge >= 0.3 is 11.9 Å². The fourth-order valence-electron chi connectivity index (χ4n) is 4.01. The lowest BCUT2D eigenvalue weighted by Gasteiger charge is -2.35. The maximum atomic E-state index is 12.0. The zero-order chi connectivity index (χ0) is 19.3. The zero-order valence-electron chi connectivity index (χ0n) is 15.8. The molecule has 0 saturated carbocycles. The van der Waals surface area contributed by atoms with Crippen LogP contribution in [-0.4, -0.2) is 22.2 Å². The molecule has 0 aliphatic rings. The number of fused-ring (bicyclic) bond motifs is 1. The van der Waals surface area contributed by atoms with E-state index in [0.29, 0.717) is 5.56 Å². The van der Waals surface area contributed by atoms with Crippen molar-refractivity contribution in [3.63, 3.8) is 0 Å². The number of carboxylic acids is 2. The van der Waals surface area contributed by atoms with Crippen LogP contribution in [0.3, 0.4) is 0 Å². The van der Waals surface area contributed by atoms with Gasteiger partial charge in [-0.2, -0.15) is 0 Å². The third kappa shape index (κ3) is 3.74. The minimum Gasteiger partial charge on any atom is -0.478 e. The van der Waals surface area contributed by atoms with Crippen LogP contribution in [0, 0.1) is 0 Å². The van der Waals surface area contributed by atoms with Gasteiger partial charge < -0.3 is 10.2 Å². The first-order valence-electron chi connectivity index (χ1n) is 9.44. The number of rotatable bonds is 9. The van der Waals surface area contributed by atoms with E-state index in [1.165, 1.54) is 0 Å². The van der Waals surface area contributed by atoms with Crippen LogP contribution >= 0.6 is 0 Å². The van der Waals surface area contributed by atoms with Crippen LogP contribution in [0.2, 0.25) is 0 Å². The van der Waals surface area contributed by atoms with E-state index >= 15 is 0 Å². The van der Waals surface area contributed by atoms with Crippen LogP contribution in [0.4, 0.5) is 0 Å². The van der Waals surface area contributed by atoms with Crippen molar-refractivity contribution in [3.8, 4) is 0 Å². The SMILES string of the molecule is CCCCCC(CC)(CC)c1c(C(=O)O)ccc2cc(C(=O)O)ccc12. The summed E-state index contributed by atoms with van der Waals surface area (Å²) in [5, 5.41) is 20.7. The Morgan fingerprint density at radius 1 is 0.923 bits per heavy atom. The number of hydrogen-bond acceptors (Lipinski definition) is 2. The van der Waals surface area contributed by atoms with Crippen molar-refractivity contribution < 1.29 is 19.8 Å². The van der Waals surface area contributed by atoms with Crippen LogP contribution in [0.5, 0.6) is 0 Å². The lowest BCUT2D eigenvalue weighted by atomic mass is 9.69. The van der Waals surface area contributed by atoms with Crippen molar-refractivity contribution in [2.45, 2.75) is 64.7 Å². The molecule has 0 aliphatic carbocycles. The number of benzene rings is 2. The lowest BCUT2D eigenvalue weighted by molar-refractivity contribution is 0.0683. The quantitative estimate of drug-likeness (QED) is 0.551. The van der Waals surface area contributed by atoms with Gasteiger partial charge in [0, 0.05) is 0 Å². The Kier molecular flexibility index (Phi) is 6.41. The molecule has 4 heteroatoms. The molecule has 0 unspecified atom stereocenters. The van der Waals surface area contributed by atoms with Gasteiger partial charge in [0.25, 0.3) is 0 Å². The number of aromatic carboxylic acids is 2. The Balaban J connectivity index is 2.75. The predicted molar refractivity (Wildman–Crippen MR) is 104 cm³/mol. The molecule has 0 spiro atoms. The van der Waals surface area contributed by atoms with E-state index in [0.717, 1.165) is 54.9 Å². The van der Waals surface area contributed by atoms with E-state index in [4.69, 9.17) is 0 Å². The Hall–Kier alpha value is -2.36. The highest BCUT2D eigenvalue weighted by Crippen LogP contribution is 2.42. The van der Waals surface area contributed by atoms with Gasteiger partial charge in [-0.25, -0.2) is 9.59 Å². The summed E-state index contributed by atoms with van der Waals surface area (Å²) < 4.78 is 0. The summed E-state index contributed by atoms with van der Waals surface area (Å²) in [6.07, 6.45) is 5.94. The van der Waals surface area contributed by atoms with Crippen molar-refractivity contribution in [3.05, 3.63) is 47.0 Å². The van der Waals surface area contributed by atoms with Crippen molar-refractivity contribution >= 4 is 22.7 Å². The first-order chi connectivity index (χ1) is 12.4. The average molecular weight is 356 g/mol. The Bertz CT molecular complexity index is 803. The van der Waals surface area contributed by atoms with Crippen LogP contribution in [-0.2, 0) is 5.41 Å². The molecule has 0 saturated heterocycles. The number of carboxylic acid groups (broad SMARTS) is 2. The molecule has 0 fully saturated rings. The Labute approximate surface area is 154 Å². The normalized spacial score (nSPS) is 11.7. The summed E-state index contributed by atoms with van der Waals surface area (Å²) in [5.41, 5.74) is 1.20. The Morgan fingerprint density at radius 3 is 2.15 bits per heavy atom. The van der Waals surface area contributed by atoms with Gasteiger partial charge in [-0.1, -0.05) is 52.2 Å². The molecule has 0 heterocycles. The molecular weight excluding hydrogens is 328 g/mol. The average Bonchev–Trinajstić information content (AvgIpc) is 2.64. The summed E-state index contributed by atoms with van der Waals surface area (Å²) in [5.74, 6) is -1.90. The van der Waals surface area contributed by atoms with Crippen molar-refractivity contribution in [2.24, 2.45) is 0 Å². The van der Waals surface area contributed by atoms with Gasteiger partial charge in [0.15, 0.2) is 0 Å². The standard InChI is InChI=1S/C22H28O4/c1-4-7-8-13-22(5-2,6-3)19-17-11-10-16(20(23)24)14-15(17)9-12-18(19)21(25)26/h9-12,14H,4-8,13H2,1-3H3,(H,23,24)(H,25,26). The minimum atomic E-state index is -0.976. The lowest BCUT2D eigenvalue weighted by Crippen LogP contribution is -2.27. The zero-order valence-corrected chi connectivity index (χ0v) is 15.8. The third-order valence-electron chi connectivity index (χ3n) is 5.64. The highest BCUT2D eigenvalue weighted by atomic mass is 16.4. The first kappa shape index (κ1) is 20.0. The number of hydrogen-bond donors (Lipinski definition) is 2. The van der Waals surface area contributed by atoms with E-state index < -0.39 is 11.9 Å². The molecule has 0 bridgehead atoms. The van der Waals surface area contributed by atoms with Crippen LogP contribution in [0.15, 0.2) is 30.3 Å². The third-order valence-corrected chi connectivity index (χ3v) is 5.64. The van der Waals surface area contributed by atoms with Crippen LogP contribution in [0.25, 0.3) is 10.8 Å². The second-order valence-electron chi connectivity index (χ2n) is 6.98. The maximum Gasteiger partial charge on any atom is 0.336 e. The minimum absolute atomic E-state index is 0.215. The molecule has 2 aromatic rings. The van der Waals surface area contributed by atoms with E-state index in [1.54, 1.807) is 30.3 Å². The number of unbranched alkanes of at least 4 members (excludes halogenated alkanes) is 2. The van der Waals surface area contributed by atoms with Crippen molar-refractivity contribution in [1.82, 2.24) is 0 Å². The molecule has 0 aliphatic heterocycles. The van der Waals surface area contributed by atoms with Crippen LogP contribution < -0.4 is 0 Å². The van der Waals surface area contributed by atoms with Gasteiger partial charge in [0.1, 0.15) is 0 Å². The second-order valence-corrected chi connectivity index (χ2v) is 6.98. The molecule has 4 nitrogen and oxygen atoms in total. The maximum absolute atomic E-state index is 12.0. The smallest absolute Gasteiger partial charge is 0.336 e. The summed E-state index contributed by atoms with van der Waals surface area (Å²) >= 11 is 0. The van der Waals surface area contributed by atoms with Crippen LogP contribution in [0.1, 0.15) is 85.6 Å². The van der Waals surface area contributed by atoms with Crippen molar-refractivity contribution in [1.29, 1.82) is 0 Å². The molecule has 2 aromatic carbocycles. The van der Waals surface area contributed by atoms with E-state index in [2.05, 4.69) is 20.8 Å². The molecule has 0 radical (unpaired) electrons. The monoisotopic (exact) mass is 356 g/mol. The van der Waals surface area contributed by atoms with E-state index in [1.807, 2.05) is 0 Å². The fourth-order valence-corrected chi connectivity index (χ4v) is 4.01. The van der Waals surface area contributed by atoms with E-state index in [-0.39, 0.29) is 11.0 Å². The van der Waals surface area contributed by atoms with Gasteiger partial charge in [-0.15, -0.1) is 0 Å². The molecule has 0 atom stereocenters. The van der Waals surface area contributed by atoms with Gasteiger partial charge in [0.05, 0.1) is 11.1 Å². The van der Waals surface area contributed by atoms with E-state index in [9.17, 15) is 19.8 Å². The molecule has 0 amide bonds. The molecule has 2 rings (SSSR count). The highest BCUT2D eigenvalue weighted by molar-refractivity contribution is 6.01. The highest BCUT2D eigenvalue weighted by Gasteiger charge is 2.33. The Morgan fingerprint density at radius 2 is 1.62 bits per heavy atom. The number of carbonyl (C=O) groups is 2. The largest absolute Gasteiger partial charge is 0.478 e. The first-order valence-corrected chi connectivity index (χ1v) is 9.44. The summed E-state index contributed by atoms with van der Waals surface area (Å²) in [6, 6.07) is 8.33. The second kappa shape index (κ2) is 8.35. The molecule has 140 valence electrons. The molecule has 0 aromatic heterocycles. The van der Waals surface area contributed by atoms with Gasteiger partial charge in [0.2, 0.25) is 0 Å². The summed E-state index contributed by atoms with van der Waals surface area (Å²) in [7, 11) is 0. The summed E-state index contributed by atoms with van der Waals surface area (Å²) in [4.78, 5) is 23.2. The fraction of sp³-hybridized carbons (Fsp3) is 0.455. The topological polar surface area (TPSA) is 74.6 Å².